The van der Waals surface area contributed by atoms with E-state index in [1.54, 1.807) is 12.1 Å². The molecule has 0 saturated heterocycles. The van der Waals surface area contributed by atoms with Crippen molar-refractivity contribution in [3.05, 3.63) is 94.3 Å². The van der Waals surface area contributed by atoms with Crippen molar-refractivity contribution in [1.82, 2.24) is 14.5 Å². The fraction of sp³-hybridized carbons (Fsp3) is 0.312. The van der Waals surface area contributed by atoms with E-state index in [1.165, 1.54) is 31.4 Å². The molecule has 188 valence electrons. The van der Waals surface area contributed by atoms with E-state index in [4.69, 9.17) is 4.98 Å². The highest BCUT2D eigenvalue weighted by molar-refractivity contribution is 5.85. The Morgan fingerprint density at radius 1 is 1.00 bits per heavy atom. The van der Waals surface area contributed by atoms with Gasteiger partial charge in [0, 0.05) is 31.7 Å². The fourth-order valence-electron chi connectivity index (χ4n) is 5.63. The van der Waals surface area contributed by atoms with Gasteiger partial charge in [-0.3, -0.25) is 14.3 Å². The second-order valence-electron chi connectivity index (χ2n) is 10.6. The van der Waals surface area contributed by atoms with Crippen molar-refractivity contribution in [2.45, 2.75) is 39.2 Å². The van der Waals surface area contributed by atoms with Crippen molar-refractivity contribution in [1.29, 1.82) is 0 Å². The van der Waals surface area contributed by atoms with Crippen LogP contribution in [0.25, 0.3) is 33.4 Å². The molecule has 0 unspecified atom stereocenters. The molecule has 1 fully saturated rings. The third-order valence-electron chi connectivity index (χ3n) is 7.95. The predicted molar refractivity (Wildman–Crippen MR) is 150 cm³/mol. The zero-order chi connectivity index (χ0) is 25.4. The lowest BCUT2D eigenvalue weighted by atomic mass is 9.85. The van der Waals surface area contributed by atoms with Crippen LogP contribution in [0.2, 0.25) is 0 Å². The zero-order valence-electron chi connectivity index (χ0n) is 21.4. The molecule has 1 N–H and O–H groups in total. The molecule has 0 amide bonds. The average molecular weight is 492 g/mol. The van der Waals surface area contributed by atoms with E-state index in [0.29, 0.717) is 17.4 Å². The van der Waals surface area contributed by atoms with Crippen LogP contribution in [0, 0.1) is 12.8 Å². The second-order valence-corrected chi connectivity index (χ2v) is 10.6. The number of nitrogens with zero attached hydrogens (tertiary/aromatic N) is 3. The van der Waals surface area contributed by atoms with E-state index in [2.05, 4.69) is 30.0 Å². The van der Waals surface area contributed by atoms with Gasteiger partial charge in [0.15, 0.2) is 0 Å². The monoisotopic (exact) mass is 491 g/mol. The molecule has 4 aromatic rings. The number of rotatable bonds is 6. The molecule has 0 bridgehead atoms. The van der Waals surface area contributed by atoms with Gasteiger partial charge in [0.1, 0.15) is 11.6 Å². The molecule has 0 spiro atoms. The molecule has 1 aliphatic carbocycles. The maximum atomic E-state index is 14.1. The van der Waals surface area contributed by atoms with Gasteiger partial charge >= 0.3 is 0 Å². The summed E-state index contributed by atoms with van der Waals surface area (Å²) in [6.45, 7) is 5.82. The Labute approximate surface area is 217 Å². The molecule has 5 nitrogen and oxygen atoms in total. The van der Waals surface area contributed by atoms with Crippen molar-refractivity contribution >= 4 is 10.9 Å². The van der Waals surface area contributed by atoms with E-state index in [1.807, 2.05) is 47.0 Å². The number of fused-ring (bicyclic) bond motifs is 1. The minimum atomic E-state index is -0.0131. The molecule has 37 heavy (non-hydrogen) atoms. The molecule has 1 saturated carbocycles. The van der Waals surface area contributed by atoms with E-state index in [0.717, 1.165) is 53.5 Å². The fourth-order valence-corrected chi connectivity index (χ4v) is 5.63. The first-order valence-corrected chi connectivity index (χ1v) is 13.4. The van der Waals surface area contributed by atoms with Crippen LogP contribution >= 0.6 is 0 Å². The van der Waals surface area contributed by atoms with Crippen molar-refractivity contribution in [2.75, 3.05) is 19.6 Å². The van der Waals surface area contributed by atoms with Gasteiger partial charge in [-0.2, -0.15) is 0 Å². The maximum Gasteiger partial charge on any atom is 0.261 e. The van der Waals surface area contributed by atoms with Crippen LogP contribution in [0.4, 0.5) is 0 Å². The first-order chi connectivity index (χ1) is 18.0. The summed E-state index contributed by atoms with van der Waals surface area (Å²) in [6.07, 6.45) is 7.42. The van der Waals surface area contributed by atoms with Crippen LogP contribution in [-0.4, -0.2) is 39.2 Å². The number of aromatic nitrogens is 2. The molecule has 1 aromatic heterocycles. The number of aryl methyl sites for hydroxylation is 1. The highest BCUT2D eigenvalue weighted by atomic mass is 16.3. The minimum absolute atomic E-state index is 0.0131. The Morgan fingerprint density at radius 3 is 2.54 bits per heavy atom. The average Bonchev–Trinajstić information content (AvgIpc) is 2.89. The zero-order valence-corrected chi connectivity index (χ0v) is 21.4. The van der Waals surface area contributed by atoms with E-state index in [-0.39, 0.29) is 11.3 Å². The Hall–Kier alpha value is -3.70. The van der Waals surface area contributed by atoms with Gasteiger partial charge in [0.05, 0.1) is 10.9 Å². The Balaban J connectivity index is 1.43. The Morgan fingerprint density at radius 2 is 1.78 bits per heavy atom. The summed E-state index contributed by atoms with van der Waals surface area (Å²) < 4.78 is 1.88. The highest BCUT2D eigenvalue weighted by Gasteiger charge is 2.23. The van der Waals surface area contributed by atoms with E-state index in [9.17, 15) is 9.90 Å². The van der Waals surface area contributed by atoms with E-state index >= 15 is 0 Å². The first kappa shape index (κ1) is 23.7. The maximum absolute atomic E-state index is 14.1. The summed E-state index contributed by atoms with van der Waals surface area (Å²) in [4.78, 5) is 21.7. The molecule has 6 rings (SSSR count). The summed E-state index contributed by atoms with van der Waals surface area (Å²) in [5.74, 6) is 1.79. The SMILES string of the molecule is Cc1ccccc1-c1nc2ccc(-c3ccc(O)cc3)cc2c(=O)n1CC1=CCCN(CC2CCC2)C1. The third kappa shape index (κ3) is 4.84. The molecular formula is C32H33N3O2. The summed E-state index contributed by atoms with van der Waals surface area (Å²) >= 11 is 0. The number of hydrogen-bond donors (Lipinski definition) is 1. The van der Waals surface area contributed by atoms with Crippen LogP contribution in [-0.2, 0) is 6.54 Å². The standard InChI is InChI=1S/C32H33N3O2/c1-22-6-2-3-10-28(22)31-33-30-16-13-26(25-11-14-27(36)15-12-25)18-29(30)32(37)35(31)21-24-9-5-17-34(20-24)19-23-7-4-8-23/h2-3,6,9-16,18,23,36H,4-5,7-8,17,19-21H2,1H3. The van der Waals surface area contributed by atoms with Gasteiger partial charge in [-0.05, 0) is 78.6 Å². The topological polar surface area (TPSA) is 58.4 Å². The molecule has 0 atom stereocenters. The predicted octanol–water partition coefficient (Wildman–Crippen LogP) is 6.18. The van der Waals surface area contributed by atoms with Crippen LogP contribution in [0.3, 0.4) is 0 Å². The number of phenolic OH excluding ortho intramolecular Hbond substituents is 1. The van der Waals surface area contributed by atoms with Gasteiger partial charge in [0.25, 0.3) is 5.56 Å². The Bertz CT molecular complexity index is 1530. The summed E-state index contributed by atoms with van der Waals surface area (Å²) in [5, 5.41) is 10.3. The normalized spacial score (nSPS) is 16.5. The molecular weight excluding hydrogens is 458 g/mol. The number of benzene rings is 3. The van der Waals surface area contributed by atoms with Gasteiger partial charge in [-0.1, -0.05) is 55.0 Å². The number of hydrogen-bond acceptors (Lipinski definition) is 4. The van der Waals surface area contributed by atoms with Crippen LogP contribution < -0.4 is 5.56 Å². The smallest absolute Gasteiger partial charge is 0.261 e. The molecule has 2 heterocycles. The minimum Gasteiger partial charge on any atom is -0.508 e. The number of aromatic hydroxyl groups is 1. The van der Waals surface area contributed by atoms with Crippen molar-refractivity contribution in [3.8, 4) is 28.3 Å². The molecule has 2 aliphatic rings. The summed E-state index contributed by atoms with van der Waals surface area (Å²) in [6, 6.07) is 21.1. The van der Waals surface area contributed by atoms with Crippen molar-refractivity contribution in [2.24, 2.45) is 5.92 Å². The van der Waals surface area contributed by atoms with Gasteiger partial charge in [0.2, 0.25) is 0 Å². The highest BCUT2D eigenvalue weighted by Crippen LogP contribution is 2.30. The van der Waals surface area contributed by atoms with Crippen LogP contribution in [0.15, 0.2) is 83.2 Å². The molecule has 5 heteroatoms. The summed E-state index contributed by atoms with van der Waals surface area (Å²) in [7, 11) is 0. The van der Waals surface area contributed by atoms with E-state index < -0.39 is 0 Å². The quantitative estimate of drug-likeness (QED) is 0.327. The van der Waals surface area contributed by atoms with Crippen LogP contribution in [0.1, 0.15) is 31.2 Å². The first-order valence-electron chi connectivity index (χ1n) is 13.4. The molecule has 3 aromatic carbocycles. The van der Waals surface area contributed by atoms with Gasteiger partial charge in [-0.25, -0.2) is 4.98 Å². The molecule has 0 radical (unpaired) electrons. The van der Waals surface area contributed by atoms with Gasteiger partial charge < -0.3 is 5.11 Å². The second kappa shape index (κ2) is 9.98. The lowest BCUT2D eigenvalue weighted by Gasteiger charge is -2.34. The van der Waals surface area contributed by atoms with Crippen molar-refractivity contribution in [3.63, 3.8) is 0 Å². The molecule has 1 aliphatic heterocycles. The summed E-state index contributed by atoms with van der Waals surface area (Å²) in [5.41, 5.74) is 5.96. The lowest BCUT2D eigenvalue weighted by Crippen LogP contribution is -2.38. The third-order valence-corrected chi connectivity index (χ3v) is 7.95. The van der Waals surface area contributed by atoms with Crippen molar-refractivity contribution < 1.29 is 5.11 Å². The van der Waals surface area contributed by atoms with Gasteiger partial charge in [-0.15, -0.1) is 0 Å². The number of phenols is 1. The largest absolute Gasteiger partial charge is 0.508 e. The Kier molecular flexibility index (Phi) is 6.39. The lowest BCUT2D eigenvalue weighted by molar-refractivity contribution is 0.183. The van der Waals surface area contributed by atoms with Crippen LogP contribution in [0.5, 0.6) is 5.75 Å².